The number of likely N-dealkylation sites (tertiary alicyclic amines) is 1. The molecule has 0 aliphatic carbocycles. The Morgan fingerprint density at radius 2 is 2.14 bits per heavy atom. The molecular weight excluding hydrogens is 380 g/mol. The number of aromatic nitrogens is 1. The van der Waals surface area contributed by atoms with Gasteiger partial charge in [0.25, 0.3) is 5.91 Å². The van der Waals surface area contributed by atoms with Crippen molar-refractivity contribution in [3.8, 4) is 0 Å². The summed E-state index contributed by atoms with van der Waals surface area (Å²) >= 11 is 6.11. The van der Waals surface area contributed by atoms with Gasteiger partial charge in [0.2, 0.25) is 0 Å². The summed E-state index contributed by atoms with van der Waals surface area (Å²) in [4.78, 5) is 27.5. The second-order valence-electron chi connectivity index (χ2n) is 7.09. The normalized spacial score (nSPS) is 19.3. The van der Waals surface area contributed by atoms with E-state index in [4.69, 9.17) is 16.3 Å². The lowest BCUT2D eigenvalue weighted by Gasteiger charge is -2.41. The van der Waals surface area contributed by atoms with E-state index in [1.807, 2.05) is 18.2 Å². The van der Waals surface area contributed by atoms with Crippen LogP contribution in [0.5, 0.6) is 0 Å². The van der Waals surface area contributed by atoms with Gasteiger partial charge in [0.1, 0.15) is 5.56 Å². The number of ether oxygens (including phenoxy) is 1. The van der Waals surface area contributed by atoms with Crippen LogP contribution < -0.4 is 4.73 Å². The highest BCUT2D eigenvalue weighted by Crippen LogP contribution is 2.36. The molecule has 0 radical (unpaired) electrons. The maximum Gasteiger partial charge on any atom is 0.314 e. The van der Waals surface area contributed by atoms with Crippen molar-refractivity contribution in [3.63, 3.8) is 0 Å². The predicted octanol–water partition coefficient (Wildman–Crippen LogP) is 3.00. The molecule has 1 saturated heterocycles. The van der Waals surface area contributed by atoms with Crippen LogP contribution in [0.4, 0.5) is 0 Å². The zero-order valence-corrected chi connectivity index (χ0v) is 16.5. The Labute approximate surface area is 169 Å². The summed E-state index contributed by atoms with van der Waals surface area (Å²) in [6.07, 6.45) is 4.31. The lowest BCUT2D eigenvalue weighted by atomic mass is 9.75. The van der Waals surface area contributed by atoms with Crippen LogP contribution in [0.1, 0.15) is 35.7 Å². The fourth-order valence-corrected chi connectivity index (χ4v) is 3.99. The van der Waals surface area contributed by atoms with Gasteiger partial charge < -0.3 is 14.8 Å². The van der Waals surface area contributed by atoms with Crippen molar-refractivity contribution in [2.45, 2.75) is 26.2 Å². The van der Waals surface area contributed by atoms with Gasteiger partial charge in [-0.05, 0) is 49.9 Å². The Balaban J connectivity index is 1.88. The third-order valence-electron chi connectivity index (χ3n) is 5.03. The molecule has 1 aromatic carbocycles. The zero-order valence-electron chi connectivity index (χ0n) is 15.8. The average Bonchev–Trinajstić information content (AvgIpc) is 2.68. The minimum Gasteiger partial charge on any atom is -0.619 e. The number of pyridine rings is 1. The first-order valence-electron chi connectivity index (χ1n) is 9.33. The van der Waals surface area contributed by atoms with E-state index >= 15 is 0 Å². The first-order chi connectivity index (χ1) is 13.4. The zero-order chi connectivity index (χ0) is 20.1. The van der Waals surface area contributed by atoms with Crippen LogP contribution >= 0.6 is 11.6 Å². The number of piperidine rings is 1. The SMILES string of the molecule is CCOC(=O)C1(Cc2cccc(Cl)c2)CCCN(C(=O)c2ccc[n+]([O-])c2)C1. The highest BCUT2D eigenvalue weighted by atomic mass is 35.5. The van der Waals surface area contributed by atoms with Crippen molar-refractivity contribution < 1.29 is 19.1 Å². The van der Waals surface area contributed by atoms with Crippen LogP contribution in [0.15, 0.2) is 48.8 Å². The van der Waals surface area contributed by atoms with E-state index in [-0.39, 0.29) is 25.0 Å². The molecule has 28 heavy (non-hydrogen) atoms. The second-order valence-corrected chi connectivity index (χ2v) is 7.53. The molecule has 6 nitrogen and oxygen atoms in total. The van der Waals surface area contributed by atoms with Gasteiger partial charge in [-0.2, -0.15) is 4.73 Å². The molecule has 0 spiro atoms. The third-order valence-corrected chi connectivity index (χ3v) is 5.26. The largest absolute Gasteiger partial charge is 0.619 e. The summed E-state index contributed by atoms with van der Waals surface area (Å²) < 4.78 is 5.98. The van der Waals surface area contributed by atoms with E-state index in [1.165, 1.54) is 18.5 Å². The number of amides is 1. The molecule has 3 rings (SSSR count). The Hall–Kier alpha value is -2.60. The number of hydrogen-bond donors (Lipinski definition) is 0. The van der Waals surface area contributed by atoms with E-state index in [0.29, 0.717) is 41.1 Å². The van der Waals surface area contributed by atoms with Crippen molar-refractivity contribution in [2.75, 3.05) is 19.7 Å². The van der Waals surface area contributed by atoms with Crippen LogP contribution in [0, 0.1) is 10.6 Å². The molecule has 1 fully saturated rings. The molecule has 2 aromatic rings. The monoisotopic (exact) mass is 402 g/mol. The van der Waals surface area contributed by atoms with E-state index < -0.39 is 5.41 Å². The quantitative estimate of drug-likeness (QED) is 0.438. The summed E-state index contributed by atoms with van der Waals surface area (Å²) in [5.74, 6) is -0.566. The molecule has 0 saturated carbocycles. The molecule has 1 aromatic heterocycles. The summed E-state index contributed by atoms with van der Waals surface area (Å²) in [5.41, 5.74) is 0.392. The smallest absolute Gasteiger partial charge is 0.314 e. The van der Waals surface area contributed by atoms with Crippen LogP contribution in [-0.2, 0) is 16.0 Å². The second kappa shape index (κ2) is 8.61. The number of hydrogen-bond acceptors (Lipinski definition) is 4. The highest BCUT2D eigenvalue weighted by molar-refractivity contribution is 6.30. The molecule has 1 aliphatic rings. The number of benzene rings is 1. The topological polar surface area (TPSA) is 73.5 Å². The van der Waals surface area contributed by atoms with Crippen LogP contribution in [0.2, 0.25) is 5.02 Å². The minimum absolute atomic E-state index is 0.241. The molecule has 2 heterocycles. The Morgan fingerprint density at radius 3 is 2.86 bits per heavy atom. The highest BCUT2D eigenvalue weighted by Gasteiger charge is 2.45. The maximum atomic E-state index is 12.9. The van der Waals surface area contributed by atoms with E-state index in [9.17, 15) is 14.8 Å². The number of carbonyl (C=O) groups is 2. The minimum atomic E-state index is -0.836. The number of halogens is 1. The standard InChI is InChI=1S/C21H23ClN2O4/c1-2-28-20(26)21(13-16-6-3-8-18(22)12-16)9-5-10-23(15-21)19(25)17-7-4-11-24(27)14-17/h3-4,6-8,11-12,14H,2,5,9-10,13,15H2,1H3. The van der Waals surface area contributed by atoms with E-state index in [1.54, 1.807) is 24.0 Å². The third kappa shape index (κ3) is 4.44. The van der Waals surface area contributed by atoms with Crippen molar-refractivity contribution >= 4 is 23.5 Å². The Morgan fingerprint density at radius 1 is 1.32 bits per heavy atom. The molecule has 0 bridgehead atoms. The first-order valence-corrected chi connectivity index (χ1v) is 9.71. The van der Waals surface area contributed by atoms with Crippen LogP contribution in [0.25, 0.3) is 0 Å². The van der Waals surface area contributed by atoms with Crippen LogP contribution in [0.3, 0.4) is 0 Å². The van der Waals surface area contributed by atoms with Gasteiger partial charge in [-0.15, -0.1) is 0 Å². The molecule has 148 valence electrons. The van der Waals surface area contributed by atoms with Gasteiger partial charge >= 0.3 is 5.97 Å². The fraction of sp³-hybridized carbons (Fsp3) is 0.381. The number of nitrogens with zero attached hydrogens (tertiary/aromatic N) is 2. The lowest BCUT2D eigenvalue weighted by molar-refractivity contribution is -0.605. The lowest BCUT2D eigenvalue weighted by Crippen LogP contribution is -2.51. The van der Waals surface area contributed by atoms with Crippen molar-refractivity contribution in [3.05, 3.63) is 70.1 Å². The molecule has 1 aliphatic heterocycles. The molecule has 7 heteroatoms. The van der Waals surface area contributed by atoms with Crippen molar-refractivity contribution in [2.24, 2.45) is 5.41 Å². The molecular formula is C21H23ClN2O4. The van der Waals surface area contributed by atoms with Gasteiger partial charge in [0.15, 0.2) is 12.4 Å². The Bertz CT molecular complexity index is 873. The summed E-state index contributed by atoms with van der Waals surface area (Å²) in [6, 6.07) is 10.5. The molecule has 0 N–H and O–H groups in total. The van der Waals surface area contributed by atoms with E-state index in [2.05, 4.69) is 0 Å². The molecule has 1 amide bonds. The van der Waals surface area contributed by atoms with Gasteiger partial charge in [-0.1, -0.05) is 23.7 Å². The van der Waals surface area contributed by atoms with Gasteiger partial charge in [-0.25, -0.2) is 0 Å². The van der Waals surface area contributed by atoms with E-state index in [0.717, 1.165) is 5.56 Å². The number of rotatable bonds is 5. The van der Waals surface area contributed by atoms with Gasteiger partial charge in [0, 0.05) is 24.2 Å². The summed E-state index contributed by atoms with van der Waals surface area (Å²) in [7, 11) is 0. The molecule has 1 atom stereocenters. The van der Waals surface area contributed by atoms with Crippen molar-refractivity contribution in [1.29, 1.82) is 0 Å². The van der Waals surface area contributed by atoms with Crippen molar-refractivity contribution in [1.82, 2.24) is 4.90 Å². The fourth-order valence-electron chi connectivity index (χ4n) is 3.77. The maximum absolute atomic E-state index is 12.9. The number of esters is 1. The van der Waals surface area contributed by atoms with Gasteiger partial charge in [-0.3, -0.25) is 9.59 Å². The molecule has 1 unspecified atom stereocenters. The van der Waals surface area contributed by atoms with Gasteiger partial charge in [0.05, 0.1) is 12.0 Å². The summed E-state index contributed by atoms with van der Waals surface area (Å²) in [6.45, 7) is 2.82. The average molecular weight is 403 g/mol. The van der Waals surface area contributed by atoms with Crippen LogP contribution in [-0.4, -0.2) is 36.5 Å². The number of carbonyl (C=O) groups excluding carboxylic acids is 2. The Kier molecular flexibility index (Phi) is 6.19. The first kappa shape index (κ1) is 20.1. The summed E-state index contributed by atoms with van der Waals surface area (Å²) in [5, 5.41) is 12.1. The predicted molar refractivity (Wildman–Crippen MR) is 105 cm³/mol.